The number of guanidine groups is 1. The second-order valence-electron chi connectivity index (χ2n) is 7.20. The summed E-state index contributed by atoms with van der Waals surface area (Å²) in [4.78, 5) is 7.46. The van der Waals surface area contributed by atoms with Crippen molar-refractivity contribution < 1.29 is 9.13 Å². The Morgan fingerprint density at radius 3 is 2.81 bits per heavy atom. The number of H-pyrrole nitrogens is 1. The van der Waals surface area contributed by atoms with Crippen molar-refractivity contribution in [2.45, 2.75) is 32.1 Å². The molecule has 0 radical (unpaired) electrons. The second kappa shape index (κ2) is 10.3. The Balaban J connectivity index is 0.00000261. The maximum atomic E-state index is 13.3. The zero-order valence-corrected chi connectivity index (χ0v) is 18.4. The Bertz CT molecular complexity index is 758. The SMILES string of the molecule is CN=C(NCCc1c[nH]c2cc(F)ccc12)NCC1(CCOC)CCC1.I. The topological polar surface area (TPSA) is 61.4 Å². The minimum atomic E-state index is -0.216. The first-order valence-electron chi connectivity index (χ1n) is 9.35. The highest BCUT2D eigenvalue weighted by molar-refractivity contribution is 14.0. The molecule has 1 aromatic heterocycles. The number of aliphatic imine (C=N–C) groups is 1. The van der Waals surface area contributed by atoms with Crippen molar-refractivity contribution in [1.29, 1.82) is 0 Å². The molecule has 2 aromatic rings. The van der Waals surface area contributed by atoms with E-state index in [9.17, 15) is 4.39 Å². The number of ether oxygens (including phenoxy) is 1. The molecule has 27 heavy (non-hydrogen) atoms. The standard InChI is InChI=1S/C20H29FN4O.HI/c1-22-19(25-14-20(7-3-8-20)9-11-26-2)23-10-6-15-13-24-18-12-16(21)4-5-17(15)18;/h4-5,12-13,24H,3,6-11,14H2,1-2H3,(H2,22,23,25);1H. The van der Waals surface area contributed by atoms with Gasteiger partial charge in [0, 0.05) is 51.0 Å². The van der Waals surface area contributed by atoms with Gasteiger partial charge in [0.25, 0.3) is 0 Å². The molecule has 3 N–H and O–H groups in total. The molecule has 1 aromatic carbocycles. The third-order valence-electron chi connectivity index (χ3n) is 5.52. The zero-order valence-electron chi connectivity index (χ0n) is 16.1. The van der Waals surface area contributed by atoms with E-state index >= 15 is 0 Å². The number of benzene rings is 1. The van der Waals surface area contributed by atoms with Gasteiger partial charge in [0.05, 0.1) is 0 Å². The van der Waals surface area contributed by atoms with E-state index in [1.54, 1.807) is 14.2 Å². The number of hydrogen-bond acceptors (Lipinski definition) is 2. The predicted molar refractivity (Wildman–Crippen MR) is 120 cm³/mol. The van der Waals surface area contributed by atoms with E-state index in [0.717, 1.165) is 49.4 Å². The molecule has 150 valence electrons. The zero-order chi connectivity index (χ0) is 18.4. The van der Waals surface area contributed by atoms with E-state index in [0.29, 0.717) is 5.41 Å². The van der Waals surface area contributed by atoms with Gasteiger partial charge in [-0.1, -0.05) is 6.42 Å². The van der Waals surface area contributed by atoms with Gasteiger partial charge in [-0.3, -0.25) is 4.99 Å². The Morgan fingerprint density at radius 2 is 2.15 bits per heavy atom. The van der Waals surface area contributed by atoms with Crippen LogP contribution in [0, 0.1) is 11.2 Å². The predicted octanol–water partition coefficient (Wildman–Crippen LogP) is 3.84. The van der Waals surface area contributed by atoms with E-state index in [1.165, 1.54) is 37.0 Å². The van der Waals surface area contributed by atoms with Crippen LogP contribution in [0.5, 0.6) is 0 Å². The molecule has 0 unspecified atom stereocenters. The normalized spacial score (nSPS) is 15.9. The van der Waals surface area contributed by atoms with Gasteiger partial charge in [-0.05, 0) is 54.9 Å². The van der Waals surface area contributed by atoms with Crippen LogP contribution in [0.3, 0.4) is 0 Å². The Morgan fingerprint density at radius 1 is 1.33 bits per heavy atom. The van der Waals surface area contributed by atoms with Crippen molar-refractivity contribution in [1.82, 2.24) is 15.6 Å². The van der Waals surface area contributed by atoms with E-state index in [4.69, 9.17) is 4.74 Å². The summed E-state index contributed by atoms with van der Waals surface area (Å²) in [5.74, 6) is 0.617. The lowest BCUT2D eigenvalue weighted by Crippen LogP contribution is -2.47. The number of nitrogens with one attached hydrogen (secondary N) is 3. The van der Waals surface area contributed by atoms with E-state index in [-0.39, 0.29) is 29.8 Å². The van der Waals surface area contributed by atoms with Crippen molar-refractivity contribution >= 4 is 40.8 Å². The first kappa shape index (κ1) is 21.9. The number of nitrogens with zero attached hydrogens (tertiary/aromatic N) is 1. The van der Waals surface area contributed by atoms with E-state index in [1.807, 2.05) is 12.3 Å². The summed E-state index contributed by atoms with van der Waals surface area (Å²) in [6.45, 7) is 2.52. The van der Waals surface area contributed by atoms with Crippen LogP contribution in [0.4, 0.5) is 4.39 Å². The Labute approximate surface area is 177 Å². The van der Waals surface area contributed by atoms with Gasteiger partial charge < -0.3 is 20.4 Å². The van der Waals surface area contributed by atoms with Gasteiger partial charge in [0.15, 0.2) is 5.96 Å². The number of rotatable bonds is 8. The molecule has 1 saturated carbocycles. The van der Waals surface area contributed by atoms with Crippen molar-refractivity contribution in [3.05, 3.63) is 35.8 Å². The first-order chi connectivity index (χ1) is 12.7. The first-order valence-corrected chi connectivity index (χ1v) is 9.35. The molecule has 1 heterocycles. The van der Waals surface area contributed by atoms with Crippen LogP contribution < -0.4 is 10.6 Å². The number of halogens is 2. The number of hydrogen-bond donors (Lipinski definition) is 3. The lowest BCUT2D eigenvalue weighted by Gasteiger charge is -2.42. The largest absolute Gasteiger partial charge is 0.385 e. The molecule has 0 atom stereocenters. The molecule has 5 nitrogen and oxygen atoms in total. The smallest absolute Gasteiger partial charge is 0.191 e. The van der Waals surface area contributed by atoms with Crippen LogP contribution in [-0.2, 0) is 11.2 Å². The summed E-state index contributed by atoms with van der Waals surface area (Å²) in [5.41, 5.74) is 2.38. The highest BCUT2D eigenvalue weighted by Crippen LogP contribution is 2.43. The van der Waals surface area contributed by atoms with E-state index < -0.39 is 0 Å². The van der Waals surface area contributed by atoms with Gasteiger partial charge in [-0.15, -0.1) is 24.0 Å². The lowest BCUT2D eigenvalue weighted by molar-refractivity contribution is 0.0732. The van der Waals surface area contributed by atoms with Crippen molar-refractivity contribution in [3.63, 3.8) is 0 Å². The fourth-order valence-corrected chi connectivity index (χ4v) is 3.68. The van der Waals surface area contributed by atoms with Crippen molar-refractivity contribution in [2.24, 2.45) is 10.4 Å². The molecule has 1 fully saturated rings. The fraction of sp³-hybridized carbons (Fsp3) is 0.550. The second-order valence-corrected chi connectivity index (χ2v) is 7.20. The Hall–Kier alpha value is -1.35. The van der Waals surface area contributed by atoms with Crippen LogP contribution in [0.25, 0.3) is 10.9 Å². The van der Waals surface area contributed by atoms with Crippen molar-refractivity contribution in [2.75, 3.05) is 33.9 Å². The summed E-state index contributed by atoms with van der Waals surface area (Å²) in [6.07, 6.45) is 7.72. The highest BCUT2D eigenvalue weighted by atomic mass is 127. The average molecular weight is 488 g/mol. The third-order valence-corrected chi connectivity index (χ3v) is 5.52. The molecule has 0 spiro atoms. The van der Waals surface area contributed by atoms with Gasteiger partial charge in [-0.2, -0.15) is 0 Å². The maximum absolute atomic E-state index is 13.3. The summed E-state index contributed by atoms with van der Waals surface area (Å²) >= 11 is 0. The summed E-state index contributed by atoms with van der Waals surface area (Å²) in [6, 6.07) is 4.87. The summed E-state index contributed by atoms with van der Waals surface area (Å²) in [7, 11) is 3.56. The van der Waals surface area contributed by atoms with Gasteiger partial charge >= 0.3 is 0 Å². The molecule has 1 aliphatic carbocycles. The highest BCUT2D eigenvalue weighted by Gasteiger charge is 2.36. The number of aromatic nitrogens is 1. The quantitative estimate of drug-likeness (QED) is 0.301. The fourth-order valence-electron chi connectivity index (χ4n) is 3.68. The van der Waals surface area contributed by atoms with Gasteiger partial charge in [-0.25, -0.2) is 4.39 Å². The van der Waals surface area contributed by atoms with Crippen LogP contribution >= 0.6 is 24.0 Å². The minimum absolute atomic E-state index is 0. The molecule has 0 amide bonds. The molecular formula is C20H30FIN4O. The summed E-state index contributed by atoms with van der Waals surface area (Å²) in [5, 5.41) is 7.93. The molecule has 0 bridgehead atoms. The minimum Gasteiger partial charge on any atom is -0.385 e. The monoisotopic (exact) mass is 488 g/mol. The Kier molecular flexibility index (Phi) is 8.34. The van der Waals surface area contributed by atoms with Gasteiger partial charge in [0.1, 0.15) is 5.82 Å². The third kappa shape index (κ3) is 5.57. The average Bonchev–Trinajstić information content (AvgIpc) is 3.00. The van der Waals surface area contributed by atoms with Crippen LogP contribution in [0.1, 0.15) is 31.2 Å². The number of fused-ring (bicyclic) bond motifs is 1. The molecule has 0 aliphatic heterocycles. The summed E-state index contributed by atoms with van der Waals surface area (Å²) < 4.78 is 18.5. The van der Waals surface area contributed by atoms with E-state index in [2.05, 4.69) is 20.6 Å². The molecular weight excluding hydrogens is 458 g/mol. The molecule has 1 aliphatic rings. The number of methoxy groups -OCH3 is 1. The molecule has 3 rings (SSSR count). The van der Waals surface area contributed by atoms with Gasteiger partial charge in [0.2, 0.25) is 0 Å². The van der Waals surface area contributed by atoms with Crippen molar-refractivity contribution in [3.8, 4) is 0 Å². The maximum Gasteiger partial charge on any atom is 0.191 e. The molecule has 0 saturated heterocycles. The number of aromatic amines is 1. The van der Waals surface area contributed by atoms with Crippen LogP contribution in [0.2, 0.25) is 0 Å². The molecule has 7 heteroatoms. The van der Waals surface area contributed by atoms with Crippen LogP contribution in [0.15, 0.2) is 29.4 Å². The lowest BCUT2D eigenvalue weighted by atomic mass is 9.67. The van der Waals surface area contributed by atoms with Crippen LogP contribution in [-0.4, -0.2) is 44.8 Å².